The minimum Gasteiger partial charge on any atom is -0.481 e. The van der Waals surface area contributed by atoms with E-state index in [-0.39, 0.29) is 41.9 Å². The highest BCUT2D eigenvalue weighted by molar-refractivity contribution is 5.85. The molecule has 0 unspecified atom stereocenters. The van der Waals surface area contributed by atoms with Crippen molar-refractivity contribution in [2.24, 2.45) is 56.7 Å². The van der Waals surface area contributed by atoms with Crippen molar-refractivity contribution in [2.45, 2.75) is 167 Å². The van der Waals surface area contributed by atoms with Crippen molar-refractivity contribution in [3.05, 3.63) is 11.6 Å². The summed E-state index contributed by atoms with van der Waals surface area (Å²) in [6.45, 7) is 11.7. The predicted octanol–water partition coefficient (Wildman–Crippen LogP) is 1.24. The van der Waals surface area contributed by atoms with Crippen LogP contribution in [0.3, 0.4) is 0 Å². The lowest BCUT2D eigenvalue weighted by Gasteiger charge is -2.70. The summed E-state index contributed by atoms with van der Waals surface area (Å²) in [6.07, 6.45) is -8.38. The van der Waals surface area contributed by atoms with E-state index in [0.717, 1.165) is 5.57 Å². The maximum Gasteiger partial charge on any atom is 0.315 e. The van der Waals surface area contributed by atoms with Crippen LogP contribution < -0.4 is 0 Å². The number of aliphatic carboxylic acids is 1. The number of carbonyl (C=O) groups excluding carboxylic acids is 1. The molecule has 15 nitrogen and oxygen atoms in total. The third kappa shape index (κ3) is 6.14. The van der Waals surface area contributed by atoms with E-state index in [9.17, 15) is 55.5 Å². The van der Waals surface area contributed by atoms with Gasteiger partial charge in [0.05, 0.1) is 30.1 Å². The Morgan fingerprint density at radius 1 is 0.737 bits per heavy atom. The van der Waals surface area contributed by atoms with Gasteiger partial charge in [-0.3, -0.25) is 9.59 Å². The van der Waals surface area contributed by atoms with E-state index < -0.39 is 120 Å². The molecule has 0 spiro atoms. The van der Waals surface area contributed by atoms with Gasteiger partial charge in [-0.05, 0) is 104 Å². The second-order valence-corrected chi connectivity index (χ2v) is 20.0. The largest absolute Gasteiger partial charge is 0.481 e. The van der Waals surface area contributed by atoms with Crippen molar-refractivity contribution in [3.8, 4) is 0 Å². The number of hydrogen-bond donors (Lipinski definition) is 9. The molecule has 2 heterocycles. The lowest BCUT2D eigenvalue weighted by molar-refractivity contribution is -0.330. The zero-order valence-electron chi connectivity index (χ0n) is 34.1. The summed E-state index contributed by atoms with van der Waals surface area (Å²) in [7, 11) is 0. The van der Waals surface area contributed by atoms with Crippen molar-refractivity contribution in [3.63, 3.8) is 0 Å². The smallest absolute Gasteiger partial charge is 0.315 e. The maximum atomic E-state index is 14.6. The Kier molecular flexibility index (Phi) is 11.4. The molecule has 15 heteroatoms. The first kappa shape index (κ1) is 43.3. The van der Waals surface area contributed by atoms with E-state index in [0.29, 0.717) is 44.9 Å². The first-order valence-corrected chi connectivity index (χ1v) is 21.1. The molecule has 324 valence electrons. The van der Waals surface area contributed by atoms with Crippen LogP contribution in [0.2, 0.25) is 0 Å². The number of hydrogen-bond acceptors (Lipinski definition) is 14. The summed E-state index contributed by atoms with van der Waals surface area (Å²) in [5.41, 5.74) is -3.12. The van der Waals surface area contributed by atoms with Crippen LogP contribution in [0.15, 0.2) is 11.6 Å². The molecule has 0 bridgehead atoms. The van der Waals surface area contributed by atoms with Gasteiger partial charge < -0.3 is 64.9 Å². The summed E-state index contributed by atoms with van der Waals surface area (Å²) >= 11 is 0. The Balaban J connectivity index is 1.20. The number of esters is 1. The highest BCUT2D eigenvalue weighted by atomic mass is 16.7. The van der Waals surface area contributed by atoms with Crippen molar-refractivity contribution >= 4 is 11.9 Å². The van der Waals surface area contributed by atoms with Gasteiger partial charge in [0.2, 0.25) is 6.29 Å². The average molecular weight is 811 g/mol. The van der Waals surface area contributed by atoms with Gasteiger partial charge in [0.25, 0.3) is 0 Å². The van der Waals surface area contributed by atoms with Crippen LogP contribution in [-0.2, 0) is 28.5 Å². The number of fused-ring (bicyclic) bond motifs is 7. The van der Waals surface area contributed by atoms with Crippen molar-refractivity contribution in [1.29, 1.82) is 0 Å². The number of ether oxygens (including phenoxy) is 4. The summed E-state index contributed by atoms with van der Waals surface area (Å²) in [5, 5.41) is 94.3. The Hall–Kier alpha value is -1.76. The van der Waals surface area contributed by atoms with Crippen molar-refractivity contribution in [2.75, 3.05) is 13.2 Å². The summed E-state index contributed by atoms with van der Waals surface area (Å²) in [5.74, 6) is -1.90. The first-order chi connectivity index (χ1) is 26.7. The Morgan fingerprint density at radius 3 is 1.93 bits per heavy atom. The van der Waals surface area contributed by atoms with E-state index in [1.165, 1.54) is 0 Å². The molecule has 57 heavy (non-hydrogen) atoms. The van der Waals surface area contributed by atoms with Gasteiger partial charge in [0.15, 0.2) is 6.29 Å². The lowest BCUT2D eigenvalue weighted by Crippen LogP contribution is -2.68. The number of carbonyl (C=O) groups is 2. The number of carboxylic acids is 1. The SMILES string of the molecule is C[C@@H]1[C@@H](C)CC[C@]2(C(=O)O[C@@H]3O[C@H](CO)[C@@H](O)[C@H](O)[C@H]3O)CC[C@]3(C(=O)O)C(=CC[C@@H]4[C@@]5(C)CC[C@H](O[C@@H]6O[C@H](CO)[C@@H](O)[C@H](O)[C@H]6O)C(C)(C)[C@@H]5CC[C@]43C)[C@@H]12. The van der Waals surface area contributed by atoms with Crippen LogP contribution in [-0.4, -0.2) is 139 Å². The monoisotopic (exact) mass is 810 g/mol. The van der Waals surface area contributed by atoms with Gasteiger partial charge in [-0.1, -0.05) is 53.2 Å². The van der Waals surface area contributed by atoms with Gasteiger partial charge in [0.1, 0.15) is 48.8 Å². The zero-order valence-corrected chi connectivity index (χ0v) is 34.1. The minimum atomic E-state index is -1.75. The van der Waals surface area contributed by atoms with E-state index in [2.05, 4.69) is 47.6 Å². The molecule has 0 amide bonds. The van der Waals surface area contributed by atoms with Gasteiger partial charge in [0, 0.05) is 0 Å². The minimum absolute atomic E-state index is 0.0408. The lowest BCUT2D eigenvalue weighted by atomic mass is 9.33. The molecule has 6 fully saturated rings. The third-order valence-corrected chi connectivity index (χ3v) is 17.4. The normalized spacial score (nSPS) is 53.3. The molecular weight excluding hydrogens is 744 g/mol. The number of carboxylic acid groups (broad SMARTS) is 1. The highest BCUT2D eigenvalue weighted by Gasteiger charge is 2.74. The van der Waals surface area contributed by atoms with Gasteiger partial charge >= 0.3 is 11.9 Å². The van der Waals surface area contributed by atoms with Crippen LogP contribution in [0.1, 0.15) is 99.3 Å². The van der Waals surface area contributed by atoms with Crippen LogP contribution in [0.4, 0.5) is 0 Å². The van der Waals surface area contributed by atoms with E-state index in [4.69, 9.17) is 18.9 Å². The Morgan fingerprint density at radius 2 is 1.33 bits per heavy atom. The van der Waals surface area contributed by atoms with Crippen molar-refractivity contribution in [1.82, 2.24) is 0 Å². The van der Waals surface area contributed by atoms with Crippen LogP contribution >= 0.6 is 0 Å². The molecule has 5 aliphatic carbocycles. The molecule has 7 rings (SSSR count). The molecular formula is C42H66O15. The fraction of sp³-hybridized carbons (Fsp3) is 0.905. The Bertz CT molecular complexity index is 1570. The van der Waals surface area contributed by atoms with Crippen LogP contribution in [0, 0.1) is 56.7 Å². The molecule has 0 aromatic carbocycles. The molecule has 7 aliphatic rings. The summed E-state index contributed by atoms with van der Waals surface area (Å²) < 4.78 is 23.7. The van der Waals surface area contributed by atoms with Crippen LogP contribution in [0.25, 0.3) is 0 Å². The van der Waals surface area contributed by atoms with Gasteiger partial charge in [-0.2, -0.15) is 0 Å². The van der Waals surface area contributed by atoms with E-state index in [1.54, 1.807) is 0 Å². The summed E-state index contributed by atoms with van der Waals surface area (Å²) in [4.78, 5) is 28.8. The third-order valence-electron chi connectivity index (χ3n) is 17.4. The van der Waals surface area contributed by atoms with Gasteiger partial charge in [-0.25, -0.2) is 0 Å². The predicted molar refractivity (Wildman–Crippen MR) is 199 cm³/mol. The molecule has 0 aromatic rings. The fourth-order valence-corrected chi connectivity index (χ4v) is 13.9. The second kappa shape index (κ2) is 15.0. The van der Waals surface area contributed by atoms with E-state index >= 15 is 0 Å². The molecule has 20 atom stereocenters. The number of aliphatic hydroxyl groups excluding tert-OH is 8. The molecule has 0 aromatic heterocycles. The zero-order chi connectivity index (χ0) is 41.8. The first-order valence-electron chi connectivity index (χ1n) is 21.1. The average Bonchev–Trinajstić information content (AvgIpc) is 3.16. The molecule has 2 aliphatic heterocycles. The number of rotatable bonds is 7. The molecule has 2 saturated heterocycles. The highest BCUT2D eigenvalue weighted by Crippen LogP contribution is 2.76. The topological polar surface area (TPSA) is 253 Å². The molecule has 9 N–H and O–H groups in total. The number of allylic oxidation sites excluding steroid dienone is 1. The number of aliphatic hydroxyl groups is 8. The summed E-state index contributed by atoms with van der Waals surface area (Å²) in [6, 6.07) is 0. The van der Waals surface area contributed by atoms with Crippen molar-refractivity contribution < 1.29 is 74.5 Å². The fourth-order valence-electron chi connectivity index (χ4n) is 13.9. The second-order valence-electron chi connectivity index (χ2n) is 20.0. The molecule has 4 saturated carbocycles. The maximum absolute atomic E-state index is 14.6. The standard InChI is InChI=1S/C42H66O15/c1-19-9-14-41(37(53)57-35-33(50)31(48)29(46)23(18-44)55-35)15-16-42(36(51)52)21(27(41)20(19)2)7-8-25-39(5)12-11-26(38(3,4)24(39)10-13-40(25,42)6)56-34-32(49)30(47)28(45)22(17-43)54-34/h7,19-20,22-35,43-50H,8-18H2,1-6H3,(H,51,52)/t19-,20+,22+,23+,24-,25+,26-,27+,28+,29+,30-,31-,32+,33+,34-,35-,39-,40+,41-,42+/m0/s1. The quantitative estimate of drug-likeness (QED) is 0.0997. The van der Waals surface area contributed by atoms with Crippen LogP contribution in [0.5, 0.6) is 0 Å². The van der Waals surface area contributed by atoms with E-state index in [1.807, 2.05) is 0 Å². The molecule has 0 radical (unpaired) electrons. The van der Waals surface area contributed by atoms with Gasteiger partial charge in [-0.15, -0.1) is 0 Å². The Labute approximate surface area is 334 Å².